The van der Waals surface area contributed by atoms with Gasteiger partial charge in [0.1, 0.15) is 12.3 Å². The number of alkyl halides is 1. The molecule has 1 saturated heterocycles. The van der Waals surface area contributed by atoms with Crippen molar-refractivity contribution in [2.75, 3.05) is 19.7 Å². The average Bonchev–Trinajstić information content (AvgIpc) is 2.88. The Labute approximate surface area is 214 Å². The first-order valence-electron chi connectivity index (χ1n) is 15.1. The Bertz CT molecular complexity index is 554. The molecule has 0 radical (unpaired) electrons. The van der Waals surface area contributed by atoms with Crippen molar-refractivity contribution < 1.29 is 18.7 Å². The quantitative estimate of drug-likeness (QED) is 0.202. The van der Waals surface area contributed by atoms with Crippen LogP contribution in [-0.4, -0.2) is 50.2 Å². The first-order valence-corrected chi connectivity index (χ1v) is 15.1. The lowest BCUT2D eigenvalue weighted by molar-refractivity contribution is -0.157. The molecule has 204 valence electrons. The van der Waals surface area contributed by atoms with Gasteiger partial charge in [0.25, 0.3) is 0 Å². The van der Waals surface area contributed by atoms with E-state index in [2.05, 4.69) is 17.6 Å². The molecule has 2 N–H and O–H groups in total. The Morgan fingerprint density at radius 3 is 1.91 bits per heavy atom. The molecule has 2 saturated carbocycles. The minimum atomic E-state index is -0.727. The number of esters is 1. The fraction of sp³-hybridized carbons (Fsp3) is 0.966. The Balaban J connectivity index is 1.16. The van der Waals surface area contributed by atoms with Gasteiger partial charge in [0.2, 0.25) is 0 Å². The van der Waals surface area contributed by atoms with Crippen molar-refractivity contribution in [2.45, 2.75) is 147 Å². The van der Waals surface area contributed by atoms with Crippen LogP contribution >= 0.6 is 0 Å². The molecule has 0 aromatic rings. The van der Waals surface area contributed by atoms with Crippen LogP contribution in [0.4, 0.5) is 4.39 Å². The van der Waals surface area contributed by atoms with Gasteiger partial charge in [-0.25, -0.2) is 4.39 Å². The van der Waals surface area contributed by atoms with E-state index in [4.69, 9.17) is 9.47 Å². The van der Waals surface area contributed by atoms with Gasteiger partial charge in [0.05, 0.1) is 18.2 Å². The molecule has 0 aromatic carbocycles. The van der Waals surface area contributed by atoms with Crippen LogP contribution in [0, 0.1) is 11.8 Å². The van der Waals surface area contributed by atoms with Crippen LogP contribution in [0.5, 0.6) is 0 Å². The van der Waals surface area contributed by atoms with Crippen molar-refractivity contribution in [3.8, 4) is 0 Å². The van der Waals surface area contributed by atoms with Gasteiger partial charge in [-0.15, -0.1) is 0 Å². The van der Waals surface area contributed by atoms with Crippen molar-refractivity contribution in [1.29, 1.82) is 0 Å². The molecular weight excluding hydrogens is 443 g/mol. The summed E-state index contributed by atoms with van der Waals surface area (Å²) >= 11 is 0. The number of rotatable bonds is 15. The molecule has 0 aromatic heterocycles. The normalized spacial score (nSPS) is 31.8. The molecule has 6 heteroatoms. The first kappa shape index (κ1) is 28.8. The Morgan fingerprint density at radius 1 is 0.743 bits per heavy atom. The number of halogens is 1. The second-order valence-electron chi connectivity index (χ2n) is 11.4. The topological polar surface area (TPSA) is 59.6 Å². The van der Waals surface area contributed by atoms with Gasteiger partial charge >= 0.3 is 5.97 Å². The number of unbranched alkanes of at least 4 members (excludes halogenated alkanes) is 9. The smallest absolute Gasteiger partial charge is 0.309 e. The molecule has 2 aliphatic carbocycles. The van der Waals surface area contributed by atoms with Crippen molar-refractivity contribution in [2.24, 2.45) is 11.8 Å². The standard InChI is InChI=1S/C29H53FN2O3/c1-2-3-4-5-6-7-8-9-10-11-20-34-27-21-31-28(32-22-27)23-14-18-26(19-15-23)35-29(33)24-12-16-25(30)17-13-24/h23-28,31-32H,2-22H2,1H3. The average molecular weight is 497 g/mol. The Morgan fingerprint density at radius 2 is 1.31 bits per heavy atom. The summed E-state index contributed by atoms with van der Waals surface area (Å²) in [7, 11) is 0. The lowest BCUT2D eigenvalue weighted by Gasteiger charge is -2.39. The van der Waals surface area contributed by atoms with Crippen LogP contribution < -0.4 is 10.6 Å². The van der Waals surface area contributed by atoms with Crippen molar-refractivity contribution in [1.82, 2.24) is 10.6 Å². The molecular formula is C29H53FN2O3. The van der Waals surface area contributed by atoms with Crippen molar-refractivity contribution >= 4 is 5.97 Å². The number of hydrogen-bond acceptors (Lipinski definition) is 5. The molecule has 0 bridgehead atoms. The van der Waals surface area contributed by atoms with E-state index in [0.717, 1.165) is 45.4 Å². The van der Waals surface area contributed by atoms with Crippen LogP contribution in [-0.2, 0) is 14.3 Å². The summed E-state index contributed by atoms with van der Waals surface area (Å²) in [5, 5.41) is 7.32. The van der Waals surface area contributed by atoms with E-state index in [1.807, 2.05) is 0 Å². The predicted octanol–water partition coefficient (Wildman–Crippen LogP) is 6.44. The second-order valence-corrected chi connectivity index (χ2v) is 11.4. The lowest BCUT2D eigenvalue weighted by atomic mass is 9.84. The minimum absolute atomic E-state index is 0.0441. The molecule has 1 aliphatic heterocycles. The molecule has 1 heterocycles. The van der Waals surface area contributed by atoms with Gasteiger partial charge in [-0.05, 0) is 63.7 Å². The predicted molar refractivity (Wildman–Crippen MR) is 140 cm³/mol. The summed E-state index contributed by atoms with van der Waals surface area (Å²) in [4.78, 5) is 12.4. The number of nitrogens with one attached hydrogen (secondary N) is 2. The van der Waals surface area contributed by atoms with Crippen LogP contribution in [0.15, 0.2) is 0 Å². The molecule has 3 fully saturated rings. The lowest BCUT2D eigenvalue weighted by Crippen LogP contribution is -2.59. The zero-order valence-corrected chi connectivity index (χ0v) is 22.4. The first-order chi connectivity index (χ1) is 17.2. The maximum absolute atomic E-state index is 13.3. The monoisotopic (exact) mass is 496 g/mol. The summed E-state index contributed by atoms with van der Waals surface area (Å²) in [5.41, 5.74) is 0. The highest BCUT2D eigenvalue weighted by atomic mass is 19.1. The molecule has 5 nitrogen and oxygen atoms in total. The van der Waals surface area contributed by atoms with Crippen LogP contribution in [0.25, 0.3) is 0 Å². The second kappa shape index (κ2) is 16.9. The van der Waals surface area contributed by atoms with Gasteiger partial charge in [0, 0.05) is 19.7 Å². The molecule has 3 aliphatic rings. The maximum atomic E-state index is 13.3. The van der Waals surface area contributed by atoms with E-state index in [1.54, 1.807) is 0 Å². The Hall–Kier alpha value is -0.720. The number of ether oxygens (including phenoxy) is 2. The third-order valence-electron chi connectivity index (χ3n) is 8.45. The van der Waals surface area contributed by atoms with Crippen molar-refractivity contribution in [3.63, 3.8) is 0 Å². The molecule has 0 unspecified atom stereocenters. The van der Waals surface area contributed by atoms with Gasteiger partial charge in [-0.2, -0.15) is 0 Å². The molecule has 35 heavy (non-hydrogen) atoms. The maximum Gasteiger partial charge on any atom is 0.309 e. The number of hydrogen-bond donors (Lipinski definition) is 2. The van der Waals surface area contributed by atoms with Crippen molar-refractivity contribution in [3.05, 3.63) is 0 Å². The molecule has 0 atom stereocenters. The summed E-state index contributed by atoms with van der Waals surface area (Å²) < 4.78 is 25.2. The third kappa shape index (κ3) is 11.1. The SMILES string of the molecule is CCCCCCCCCCCCOC1CNC(C2CCC(OC(=O)C3CCC(F)CC3)CC2)NC1. The highest BCUT2D eigenvalue weighted by Crippen LogP contribution is 2.32. The van der Waals surface area contributed by atoms with E-state index < -0.39 is 6.17 Å². The van der Waals surface area contributed by atoms with Gasteiger partial charge in [0.15, 0.2) is 0 Å². The Kier molecular flexibility index (Phi) is 13.9. The minimum Gasteiger partial charge on any atom is -0.462 e. The van der Waals surface area contributed by atoms with Gasteiger partial charge in [-0.1, -0.05) is 64.7 Å². The van der Waals surface area contributed by atoms with E-state index in [9.17, 15) is 9.18 Å². The highest BCUT2D eigenvalue weighted by Gasteiger charge is 2.33. The molecule has 0 spiro atoms. The van der Waals surface area contributed by atoms with Crippen LogP contribution in [0.3, 0.4) is 0 Å². The van der Waals surface area contributed by atoms with E-state index in [-0.39, 0.29) is 24.1 Å². The zero-order chi connectivity index (χ0) is 24.7. The van der Waals surface area contributed by atoms with E-state index >= 15 is 0 Å². The third-order valence-corrected chi connectivity index (χ3v) is 8.45. The summed E-state index contributed by atoms with van der Waals surface area (Å²) in [6.07, 6.45) is 19.8. The largest absolute Gasteiger partial charge is 0.462 e. The van der Waals surface area contributed by atoms with E-state index in [0.29, 0.717) is 37.8 Å². The fourth-order valence-corrected chi connectivity index (χ4v) is 6.04. The molecule has 3 rings (SSSR count). The van der Waals surface area contributed by atoms with Gasteiger partial charge < -0.3 is 9.47 Å². The van der Waals surface area contributed by atoms with Gasteiger partial charge in [-0.3, -0.25) is 15.4 Å². The summed E-state index contributed by atoms with van der Waals surface area (Å²) in [6, 6.07) is 0. The number of carbonyl (C=O) groups is 1. The van der Waals surface area contributed by atoms with Crippen LogP contribution in [0.2, 0.25) is 0 Å². The number of carbonyl (C=O) groups excluding carboxylic acids is 1. The molecule has 0 amide bonds. The fourth-order valence-electron chi connectivity index (χ4n) is 6.04. The summed E-state index contributed by atoms with van der Waals surface area (Å²) in [6.45, 7) is 4.99. The zero-order valence-electron chi connectivity index (χ0n) is 22.4. The highest BCUT2D eigenvalue weighted by molar-refractivity contribution is 5.72. The van der Waals surface area contributed by atoms with E-state index in [1.165, 1.54) is 64.2 Å². The summed E-state index contributed by atoms with van der Waals surface area (Å²) in [5.74, 6) is 0.408. The van der Waals surface area contributed by atoms with Crippen LogP contribution in [0.1, 0.15) is 122 Å².